The molecule has 0 aliphatic heterocycles. The highest BCUT2D eigenvalue weighted by Crippen LogP contribution is 2.41. The molecule has 1 aliphatic rings. The molecule has 0 saturated carbocycles. The van der Waals surface area contributed by atoms with Crippen LogP contribution < -0.4 is 0 Å². The van der Waals surface area contributed by atoms with Gasteiger partial charge in [-0.1, -0.05) is 83.5 Å². The zero-order valence-electron chi connectivity index (χ0n) is 24.0. The lowest BCUT2D eigenvalue weighted by Gasteiger charge is -2.39. The first kappa shape index (κ1) is 30.5. The summed E-state index contributed by atoms with van der Waals surface area (Å²) in [6.07, 6.45) is 9.01. The second kappa shape index (κ2) is 13.7. The van der Waals surface area contributed by atoms with Crippen molar-refractivity contribution >= 4 is 16.6 Å². The van der Waals surface area contributed by atoms with E-state index in [1.54, 1.807) is 5.57 Å². The van der Waals surface area contributed by atoms with Crippen molar-refractivity contribution in [1.29, 1.82) is 0 Å². The topological polar surface area (TPSA) is 38.7 Å². The Morgan fingerprint density at radius 2 is 1.66 bits per heavy atom. The molecule has 0 heterocycles. The molecular weight excluding hydrogens is 464 g/mol. The fraction of sp³-hybridized carbons (Fsp3) is 0.733. The minimum absolute atomic E-state index is 0.200. The van der Waals surface area contributed by atoms with Crippen molar-refractivity contribution in [2.45, 2.75) is 129 Å². The smallest absolute Gasteiger partial charge is 0.192 e. The van der Waals surface area contributed by atoms with E-state index in [0.29, 0.717) is 12.0 Å². The fourth-order valence-corrected chi connectivity index (χ4v) is 9.53. The van der Waals surface area contributed by atoms with E-state index in [0.717, 1.165) is 38.5 Å². The Balaban J connectivity index is 2.16. The van der Waals surface area contributed by atoms with Gasteiger partial charge in [0.05, 0.1) is 6.10 Å². The average molecular weight is 519 g/mol. The molecule has 1 aromatic rings. The molecule has 1 aromatic carbocycles. The van der Waals surface area contributed by atoms with Crippen molar-refractivity contribution in [1.82, 2.24) is 0 Å². The van der Waals surface area contributed by atoms with Gasteiger partial charge in [0.1, 0.15) is 0 Å². The molecule has 0 saturated heterocycles. The summed E-state index contributed by atoms with van der Waals surface area (Å²) in [6, 6.07) is 14.4. The molecule has 2 rings (SSSR count). The van der Waals surface area contributed by atoms with Gasteiger partial charge in [0, 0.05) is 18.6 Å². The van der Waals surface area contributed by atoms with Gasteiger partial charge in [0.2, 0.25) is 0 Å². The van der Waals surface area contributed by atoms with Crippen molar-refractivity contribution in [2.75, 3.05) is 6.61 Å². The lowest BCUT2D eigenvalue weighted by atomic mass is 9.90. The maximum absolute atomic E-state index is 9.59. The van der Waals surface area contributed by atoms with Crippen LogP contribution in [0.4, 0.5) is 0 Å². The monoisotopic (exact) mass is 518 g/mol. The summed E-state index contributed by atoms with van der Waals surface area (Å²) >= 11 is 0. The average Bonchev–Trinajstić information content (AvgIpc) is 3.20. The van der Waals surface area contributed by atoms with E-state index >= 15 is 0 Å². The number of hydrogen-bond acceptors (Lipinski definition) is 3. The number of hydrogen-bond donors (Lipinski definition) is 1. The summed E-state index contributed by atoms with van der Waals surface area (Å²) in [4.78, 5) is 0. The second-order valence-corrected chi connectivity index (χ2v) is 21.6. The molecule has 200 valence electrons. The quantitative estimate of drug-likeness (QED) is 0.187. The van der Waals surface area contributed by atoms with Gasteiger partial charge in [0.15, 0.2) is 16.6 Å². The predicted octanol–water partition coefficient (Wildman–Crippen LogP) is 8.51. The van der Waals surface area contributed by atoms with E-state index in [9.17, 15) is 5.11 Å². The Morgan fingerprint density at radius 1 is 1.03 bits per heavy atom. The Labute approximate surface area is 219 Å². The predicted molar refractivity (Wildman–Crippen MR) is 156 cm³/mol. The summed E-state index contributed by atoms with van der Waals surface area (Å²) in [7, 11) is -3.52. The summed E-state index contributed by atoms with van der Waals surface area (Å²) in [6.45, 7) is 19.0. The Kier molecular flexibility index (Phi) is 11.9. The van der Waals surface area contributed by atoms with Crippen molar-refractivity contribution in [3.63, 3.8) is 0 Å². The molecule has 1 aliphatic carbocycles. The standard InChI is InChI=1S/C30H54O3Si2/c1-9-35(10-2,11-3)33-29-22-20-26(28(29)18-15-23-31)19-21-27(24-25-16-13-12-14-17-25)32-34(7,8)30(4,5)6/h12-14,16-17,20,27-29,31H,9-11,15,18-19,21-24H2,1-8H3/t27?,28-,29+/m1/s1. The van der Waals surface area contributed by atoms with Crippen LogP contribution in [0, 0.1) is 5.92 Å². The highest BCUT2D eigenvalue weighted by Gasteiger charge is 2.40. The van der Waals surface area contributed by atoms with E-state index < -0.39 is 16.6 Å². The number of aliphatic hydroxyl groups excluding tert-OH is 1. The van der Waals surface area contributed by atoms with Crippen LogP contribution in [-0.2, 0) is 15.3 Å². The van der Waals surface area contributed by atoms with Gasteiger partial charge in [-0.15, -0.1) is 0 Å². The van der Waals surface area contributed by atoms with Crippen molar-refractivity contribution in [2.24, 2.45) is 5.92 Å². The molecular formula is C30H54O3Si2. The second-order valence-electron chi connectivity index (χ2n) is 12.1. The largest absolute Gasteiger partial charge is 0.414 e. The molecule has 0 bridgehead atoms. The molecule has 35 heavy (non-hydrogen) atoms. The normalized spacial score (nSPS) is 20.2. The third-order valence-corrected chi connectivity index (χ3v) is 18.1. The van der Waals surface area contributed by atoms with Crippen LogP contribution in [0.5, 0.6) is 0 Å². The molecule has 1 N–H and O–H groups in total. The number of benzene rings is 1. The Morgan fingerprint density at radius 3 is 2.20 bits per heavy atom. The first-order valence-electron chi connectivity index (χ1n) is 14.2. The van der Waals surface area contributed by atoms with E-state index in [2.05, 4.69) is 91.0 Å². The summed E-state index contributed by atoms with van der Waals surface area (Å²) in [5.74, 6) is 0.448. The van der Waals surface area contributed by atoms with Crippen molar-refractivity contribution in [3.8, 4) is 0 Å². The Hall–Kier alpha value is -0.726. The maximum Gasteiger partial charge on any atom is 0.192 e. The molecule has 3 nitrogen and oxygen atoms in total. The highest BCUT2D eigenvalue weighted by atomic mass is 28.4. The zero-order valence-corrected chi connectivity index (χ0v) is 26.0. The van der Waals surface area contributed by atoms with Crippen LogP contribution in [0.3, 0.4) is 0 Å². The summed E-state index contributed by atoms with van der Waals surface area (Å²) < 4.78 is 14.0. The number of rotatable bonds is 15. The third kappa shape index (κ3) is 8.67. The molecule has 0 aromatic heterocycles. The maximum atomic E-state index is 9.59. The third-order valence-electron chi connectivity index (χ3n) is 8.87. The van der Waals surface area contributed by atoms with E-state index in [4.69, 9.17) is 8.85 Å². The van der Waals surface area contributed by atoms with Crippen LogP contribution in [-0.4, -0.2) is 40.6 Å². The van der Waals surface area contributed by atoms with Crippen LogP contribution in [0.25, 0.3) is 0 Å². The van der Waals surface area contributed by atoms with Gasteiger partial charge in [-0.25, -0.2) is 0 Å². The van der Waals surface area contributed by atoms with E-state index in [1.807, 2.05) is 0 Å². The fourth-order valence-electron chi connectivity index (χ4n) is 5.24. The minimum atomic E-state index is -1.87. The lowest BCUT2D eigenvalue weighted by molar-refractivity contribution is 0.136. The molecule has 0 radical (unpaired) electrons. The van der Waals surface area contributed by atoms with E-state index in [-0.39, 0.29) is 17.7 Å². The van der Waals surface area contributed by atoms with E-state index in [1.165, 1.54) is 23.7 Å². The molecule has 3 atom stereocenters. The van der Waals surface area contributed by atoms with Crippen LogP contribution in [0.1, 0.15) is 79.2 Å². The first-order valence-corrected chi connectivity index (χ1v) is 19.6. The molecule has 0 spiro atoms. The van der Waals surface area contributed by atoms with Gasteiger partial charge < -0.3 is 14.0 Å². The molecule has 5 heteroatoms. The lowest BCUT2D eigenvalue weighted by Crippen LogP contribution is -2.44. The van der Waals surface area contributed by atoms with Crippen molar-refractivity contribution < 1.29 is 14.0 Å². The van der Waals surface area contributed by atoms with Gasteiger partial charge in [-0.05, 0) is 80.4 Å². The SMILES string of the molecule is CC[Si](CC)(CC)O[C@H]1CC=C(CCC(Cc2ccccc2)O[Si](C)(C)C(C)(C)C)[C@H]1CCCO. The molecule has 1 unspecified atom stereocenters. The minimum Gasteiger partial charge on any atom is -0.414 e. The highest BCUT2D eigenvalue weighted by molar-refractivity contribution is 6.74. The Bertz CT molecular complexity index is 757. The summed E-state index contributed by atoms with van der Waals surface area (Å²) in [5.41, 5.74) is 2.91. The van der Waals surface area contributed by atoms with Gasteiger partial charge in [-0.3, -0.25) is 0 Å². The van der Waals surface area contributed by atoms with Gasteiger partial charge in [-0.2, -0.15) is 0 Å². The number of aliphatic hydroxyl groups is 1. The van der Waals surface area contributed by atoms with Crippen LogP contribution in [0.2, 0.25) is 36.3 Å². The van der Waals surface area contributed by atoms with Gasteiger partial charge in [0.25, 0.3) is 0 Å². The molecule has 0 amide bonds. The summed E-state index contributed by atoms with van der Waals surface area (Å²) in [5, 5.41) is 9.79. The molecule has 0 fully saturated rings. The van der Waals surface area contributed by atoms with Crippen LogP contribution in [0.15, 0.2) is 42.0 Å². The van der Waals surface area contributed by atoms with Crippen LogP contribution >= 0.6 is 0 Å². The first-order chi connectivity index (χ1) is 16.5. The van der Waals surface area contributed by atoms with Gasteiger partial charge >= 0.3 is 0 Å². The zero-order chi connectivity index (χ0) is 26.1. The van der Waals surface area contributed by atoms with Crippen molar-refractivity contribution in [3.05, 3.63) is 47.5 Å².